The number of amides is 1. The summed E-state index contributed by atoms with van der Waals surface area (Å²) in [6.45, 7) is 7.59. The Kier molecular flexibility index (Phi) is 6.67. The second-order valence-electron chi connectivity index (χ2n) is 7.04. The predicted molar refractivity (Wildman–Crippen MR) is 104 cm³/mol. The number of hydrogen-bond acceptors (Lipinski definition) is 6. The Morgan fingerprint density at radius 2 is 2.04 bits per heavy atom. The molecule has 152 valence electrons. The average Bonchev–Trinajstić information content (AvgIpc) is 3.40. The highest BCUT2D eigenvalue weighted by Crippen LogP contribution is 2.11. The standard InChI is InChI=1S/C19H28N6O3/c1-14(2)17-22-16(28-23-17)7-4-8-21-19(20-3)25-11-9-24(10-12-25)18(26)15-6-5-13-27-15/h5-6,13-14H,4,7-12H2,1-3H3,(H,20,21). The highest BCUT2D eigenvalue weighted by molar-refractivity contribution is 5.91. The highest BCUT2D eigenvalue weighted by Gasteiger charge is 2.25. The van der Waals surface area contributed by atoms with Crippen LogP contribution in [0.1, 0.15) is 48.5 Å². The fourth-order valence-corrected chi connectivity index (χ4v) is 3.05. The Morgan fingerprint density at radius 1 is 1.29 bits per heavy atom. The Labute approximate surface area is 164 Å². The molecule has 1 amide bonds. The van der Waals surface area contributed by atoms with Gasteiger partial charge in [0, 0.05) is 52.1 Å². The molecule has 0 atom stereocenters. The van der Waals surface area contributed by atoms with Crippen molar-refractivity contribution >= 4 is 11.9 Å². The third kappa shape index (κ3) is 4.90. The molecule has 2 aromatic heterocycles. The number of carbonyl (C=O) groups excluding carboxylic acids is 1. The smallest absolute Gasteiger partial charge is 0.289 e. The summed E-state index contributed by atoms with van der Waals surface area (Å²) in [6, 6.07) is 3.43. The molecule has 1 saturated heterocycles. The molecule has 0 aliphatic carbocycles. The van der Waals surface area contributed by atoms with E-state index in [1.165, 1.54) is 6.26 Å². The highest BCUT2D eigenvalue weighted by atomic mass is 16.5. The molecule has 1 N–H and O–H groups in total. The van der Waals surface area contributed by atoms with E-state index in [9.17, 15) is 4.79 Å². The van der Waals surface area contributed by atoms with Crippen molar-refractivity contribution in [1.82, 2.24) is 25.3 Å². The summed E-state index contributed by atoms with van der Waals surface area (Å²) in [7, 11) is 1.77. The van der Waals surface area contributed by atoms with Gasteiger partial charge in [-0.25, -0.2) is 0 Å². The van der Waals surface area contributed by atoms with Crippen molar-refractivity contribution in [2.24, 2.45) is 4.99 Å². The molecule has 9 nitrogen and oxygen atoms in total. The largest absolute Gasteiger partial charge is 0.459 e. The third-order valence-electron chi connectivity index (χ3n) is 4.66. The van der Waals surface area contributed by atoms with Crippen molar-refractivity contribution in [3.05, 3.63) is 35.9 Å². The SMILES string of the molecule is CN=C(NCCCc1nc(C(C)C)no1)N1CCN(C(=O)c2ccco2)CC1. The molecule has 3 rings (SSSR count). The monoisotopic (exact) mass is 388 g/mol. The first-order valence-electron chi connectivity index (χ1n) is 9.69. The van der Waals surface area contributed by atoms with E-state index in [0.29, 0.717) is 24.7 Å². The van der Waals surface area contributed by atoms with E-state index in [2.05, 4.69) is 25.3 Å². The molecule has 1 aliphatic heterocycles. The summed E-state index contributed by atoms with van der Waals surface area (Å²) in [4.78, 5) is 25.1. The first-order chi connectivity index (χ1) is 13.6. The van der Waals surface area contributed by atoms with E-state index in [1.807, 2.05) is 18.7 Å². The molecule has 0 bridgehead atoms. The van der Waals surface area contributed by atoms with Crippen molar-refractivity contribution in [3.63, 3.8) is 0 Å². The normalized spacial score (nSPS) is 15.4. The molecule has 0 aromatic carbocycles. The van der Waals surface area contributed by atoms with Crippen LogP contribution in [-0.2, 0) is 6.42 Å². The molecule has 28 heavy (non-hydrogen) atoms. The van der Waals surface area contributed by atoms with Gasteiger partial charge in [0.05, 0.1) is 6.26 Å². The summed E-state index contributed by atoms with van der Waals surface area (Å²) in [5.41, 5.74) is 0. The number of aromatic nitrogens is 2. The van der Waals surface area contributed by atoms with Crippen LogP contribution in [0.3, 0.4) is 0 Å². The Morgan fingerprint density at radius 3 is 2.64 bits per heavy atom. The first kappa shape index (κ1) is 19.9. The number of nitrogens with zero attached hydrogens (tertiary/aromatic N) is 5. The fraction of sp³-hybridized carbons (Fsp3) is 0.579. The molecular formula is C19H28N6O3. The maximum Gasteiger partial charge on any atom is 0.289 e. The first-order valence-corrected chi connectivity index (χ1v) is 9.69. The maximum absolute atomic E-state index is 12.3. The van der Waals surface area contributed by atoms with Gasteiger partial charge in [-0.1, -0.05) is 19.0 Å². The summed E-state index contributed by atoms with van der Waals surface area (Å²) in [5, 5.41) is 7.36. The zero-order valence-electron chi connectivity index (χ0n) is 16.7. The summed E-state index contributed by atoms with van der Waals surface area (Å²) >= 11 is 0. The number of aryl methyl sites for hydroxylation is 1. The minimum atomic E-state index is -0.0621. The Hall–Kier alpha value is -2.84. The van der Waals surface area contributed by atoms with Crippen molar-refractivity contribution in [1.29, 1.82) is 0 Å². The third-order valence-corrected chi connectivity index (χ3v) is 4.66. The van der Waals surface area contributed by atoms with Gasteiger partial charge >= 0.3 is 0 Å². The molecule has 3 heterocycles. The van der Waals surface area contributed by atoms with E-state index in [4.69, 9.17) is 8.94 Å². The number of rotatable bonds is 6. The summed E-state index contributed by atoms with van der Waals surface area (Å²) in [5.74, 6) is 2.86. The van der Waals surface area contributed by atoms with Gasteiger partial charge in [0.2, 0.25) is 5.89 Å². The van der Waals surface area contributed by atoms with Crippen molar-refractivity contribution in [3.8, 4) is 0 Å². The van der Waals surface area contributed by atoms with E-state index in [0.717, 1.165) is 44.3 Å². The molecule has 2 aromatic rings. The lowest BCUT2D eigenvalue weighted by Gasteiger charge is -2.36. The number of aliphatic imine (C=N–C) groups is 1. The van der Waals surface area contributed by atoms with Gasteiger partial charge in [0.15, 0.2) is 17.5 Å². The number of nitrogens with one attached hydrogen (secondary N) is 1. The van der Waals surface area contributed by atoms with Crippen LogP contribution in [0, 0.1) is 0 Å². The second-order valence-corrected chi connectivity index (χ2v) is 7.04. The van der Waals surface area contributed by atoms with E-state index < -0.39 is 0 Å². The number of piperazine rings is 1. The molecule has 0 radical (unpaired) electrons. The fourth-order valence-electron chi connectivity index (χ4n) is 3.05. The van der Waals surface area contributed by atoms with Crippen molar-refractivity contribution < 1.29 is 13.7 Å². The van der Waals surface area contributed by atoms with Crippen molar-refractivity contribution in [2.45, 2.75) is 32.6 Å². The molecule has 9 heteroatoms. The van der Waals surface area contributed by atoms with Crippen LogP contribution in [0.15, 0.2) is 32.3 Å². The van der Waals surface area contributed by atoms with Crippen LogP contribution in [-0.4, -0.2) is 71.6 Å². The second kappa shape index (κ2) is 9.38. The lowest BCUT2D eigenvalue weighted by molar-refractivity contribution is 0.0658. The van der Waals surface area contributed by atoms with E-state index in [1.54, 1.807) is 19.2 Å². The van der Waals surface area contributed by atoms with E-state index in [-0.39, 0.29) is 11.8 Å². The number of guanidine groups is 1. The van der Waals surface area contributed by atoms with Crippen LogP contribution in [0.5, 0.6) is 0 Å². The van der Waals surface area contributed by atoms with Crippen LogP contribution < -0.4 is 5.32 Å². The van der Waals surface area contributed by atoms with Gasteiger partial charge in [0.1, 0.15) is 0 Å². The zero-order valence-corrected chi connectivity index (χ0v) is 16.7. The van der Waals surface area contributed by atoms with Crippen LogP contribution in [0.2, 0.25) is 0 Å². The summed E-state index contributed by atoms with van der Waals surface area (Å²) < 4.78 is 10.5. The predicted octanol–water partition coefficient (Wildman–Crippen LogP) is 1.75. The van der Waals surface area contributed by atoms with Gasteiger partial charge < -0.3 is 24.1 Å². The van der Waals surface area contributed by atoms with Crippen LogP contribution in [0.25, 0.3) is 0 Å². The molecule has 1 fully saturated rings. The topological polar surface area (TPSA) is 100 Å². The lowest BCUT2D eigenvalue weighted by atomic mass is 10.2. The lowest BCUT2D eigenvalue weighted by Crippen LogP contribution is -2.53. The number of furan rings is 1. The quantitative estimate of drug-likeness (QED) is 0.457. The van der Waals surface area contributed by atoms with Gasteiger partial charge in [0.25, 0.3) is 5.91 Å². The number of hydrogen-bond donors (Lipinski definition) is 1. The van der Waals surface area contributed by atoms with Gasteiger partial charge in [-0.3, -0.25) is 9.79 Å². The molecule has 0 spiro atoms. The maximum atomic E-state index is 12.3. The van der Waals surface area contributed by atoms with Gasteiger partial charge in [-0.05, 0) is 18.6 Å². The zero-order chi connectivity index (χ0) is 19.9. The van der Waals surface area contributed by atoms with E-state index >= 15 is 0 Å². The van der Waals surface area contributed by atoms with Gasteiger partial charge in [-0.15, -0.1) is 0 Å². The molecular weight excluding hydrogens is 360 g/mol. The van der Waals surface area contributed by atoms with Crippen LogP contribution in [0.4, 0.5) is 0 Å². The Balaban J connectivity index is 1.40. The molecule has 0 saturated carbocycles. The average molecular weight is 388 g/mol. The number of carbonyl (C=O) groups is 1. The molecule has 0 unspecified atom stereocenters. The minimum absolute atomic E-state index is 0.0621. The minimum Gasteiger partial charge on any atom is -0.459 e. The van der Waals surface area contributed by atoms with Crippen molar-refractivity contribution in [2.75, 3.05) is 39.8 Å². The summed E-state index contributed by atoms with van der Waals surface area (Å²) in [6.07, 6.45) is 3.12. The van der Waals surface area contributed by atoms with Gasteiger partial charge in [-0.2, -0.15) is 4.98 Å². The van der Waals surface area contributed by atoms with Crippen LogP contribution >= 0.6 is 0 Å². The molecule has 1 aliphatic rings. The Bertz CT molecular complexity index is 775.